The first kappa shape index (κ1) is 17.7. The summed E-state index contributed by atoms with van der Waals surface area (Å²) in [5.74, 6) is -0.167. The van der Waals surface area contributed by atoms with E-state index in [0.717, 1.165) is 12.8 Å². The second-order valence-electron chi connectivity index (χ2n) is 7.79. The van der Waals surface area contributed by atoms with Crippen molar-refractivity contribution in [3.05, 3.63) is 29.6 Å². The summed E-state index contributed by atoms with van der Waals surface area (Å²) in [4.78, 5) is 25.0. The third kappa shape index (κ3) is 3.94. The molecule has 0 aliphatic carbocycles. The van der Waals surface area contributed by atoms with Gasteiger partial charge in [-0.1, -0.05) is 0 Å². The van der Waals surface area contributed by atoms with Crippen LogP contribution in [-0.4, -0.2) is 41.1 Å². The SMILES string of the molecule is CC(C)(C)OC(=O)N1[C@@H]2CC[C@H]1CC(Oc1ccc(C=O)c(F)c1)C2. The molecule has 0 radical (unpaired) electrons. The van der Waals surface area contributed by atoms with E-state index in [-0.39, 0.29) is 29.8 Å². The number of nitrogens with zero attached hydrogens (tertiary/aromatic N) is 1. The second kappa shape index (κ2) is 6.65. The Morgan fingerprint density at radius 1 is 1.24 bits per heavy atom. The van der Waals surface area contributed by atoms with Crippen LogP contribution in [0, 0.1) is 5.82 Å². The maximum Gasteiger partial charge on any atom is 0.410 e. The molecule has 1 unspecified atom stereocenters. The molecule has 2 saturated heterocycles. The number of halogens is 1. The first-order chi connectivity index (χ1) is 11.8. The summed E-state index contributed by atoms with van der Waals surface area (Å²) in [5, 5.41) is 0. The number of hydrogen-bond acceptors (Lipinski definition) is 4. The highest BCUT2D eigenvalue weighted by Gasteiger charge is 2.45. The van der Waals surface area contributed by atoms with Gasteiger partial charge in [0, 0.05) is 31.0 Å². The number of benzene rings is 1. The molecule has 1 aromatic carbocycles. The molecule has 1 amide bonds. The fourth-order valence-electron chi connectivity index (χ4n) is 3.71. The van der Waals surface area contributed by atoms with E-state index >= 15 is 0 Å². The molecule has 2 fully saturated rings. The molecule has 2 aliphatic rings. The Labute approximate surface area is 147 Å². The lowest BCUT2D eigenvalue weighted by Gasteiger charge is -2.39. The monoisotopic (exact) mass is 349 g/mol. The van der Waals surface area contributed by atoms with Gasteiger partial charge in [-0.25, -0.2) is 9.18 Å². The zero-order valence-corrected chi connectivity index (χ0v) is 14.8. The summed E-state index contributed by atoms with van der Waals surface area (Å²) < 4.78 is 25.1. The molecule has 3 rings (SSSR count). The molecule has 0 saturated carbocycles. The van der Waals surface area contributed by atoms with Gasteiger partial charge in [-0.05, 0) is 45.7 Å². The van der Waals surface area contributed by atoms with Crippen molar-refractivity contribution >= 4 is 12.4 Å². The third-order valence-corrected chi connectivity index (χ3v) is 4.70. The summed E-state index contributed by atoms with van der Waals surface area (Å²) >= 11 is 0. The number of carbonyl (C=O) groups is 2. The summed E-state index contributed by atoms with van der Waals surface area (Å²) in [7, 11) is 0. The molecular formula is C19H24FNO4. The quantitative estimate of drug-likeness (QED) is 0.776. The lowest BCUT2D eigenvalue weighted by molar-refractivity contribution is -0.00709. The van der Waals surface area contributed by atoms with Crippen LogP contribution in [0.2, 0.25) is 0 Å². The second-order valence-corrected chi connectivity index (χ2v) is 7.79. The van der Waals surface area contributed by atoms with Gasteiger partial charge in [0.15, 0.2) is 6.29 Å². The van der Waals surface area contributed by atoms with E-state index in [9.17, 15) is 14.0 Å². The zero-order chi connectivity index (χ0) is 18.2. The van der Waals surface area contributed by atoms with Crippen molar-refractivity contribution < 1.29 is 23.5 Å². The highest BCUT2D eigenvalue weighted by atomic mass is 19.1. The van der Waals surface area contributed by atoms with Gasteiger partial charge in [0.1, 0.15) is 23.3 Å². The fourth-order valence-corrected chi connectivity index (χ4v) is 3.71. The number of carbonyl (C=O) groups excluding carboxylic acids is 2. The minimum Gasteiger partial charge on any atom is -0.490 e. The van der Waals surface area contributed by atoms with Crippen LogP contribution in [0.5, 0.6) is 5.75 Å². The van der Waals surface area contributed by atoms with Gasteiger partial charge < -0.3 is 14.4 Å². The van der Waals surface area contributed by atoms with E-state index in [1.807, 2.05) is 25.7 Å². The summed E-state index contributed by atoms with van der Waals surface area (Å²) in [6.45, 7) is 5.58. The van der Waals surface area contributed by atoms with Crippen LogP contribution in [0.15, 0.2) is 18.2 Å². The maximum absolute atomic E-state index is 13.7. The van der Waals surface area contributed by atoms with Crippen LogP contribution in [0.3, 0.4) is 0 Å². The average molecular weight is 349 g/mol. The van der Waals surface area contributed by atoms with Gasteiger partial charge in [-0.2, -0.15) is 0 Å². The standard InChI is InChI=1S/C19H24FNO4/c1-19(2,3)25-18(23)21-13-5-6-14(21)9-16(8-13)24-15-7-4-12(11-22)17(20)10-15/h4,7,10-11,13-14,16H,5-6,8-9H2,1-3H3/t13-,14+,16?. The molecule has 1 aromatic rings. The van der Waals surface area contributed by atoms with Gasteiger partial charge in [0.05, 0.1) is 5.56 Å². The Kier molecular flexibility index (Phi) is 4.71. The molecule has 136 valence electrons. The topological polar surface area (TPSA) is 55.8 Å². The number of rotatable bonds is 3. The predicted octanol–water partition coefficient (Wildman–Crippen LogP) is 3.95. The van der Waals surface area contributed by atoms with Crippen molar-refractivity contribution in [3.63, 3.8) is 0 Å². The van der Waals surface area contributed by atoms with Gasteiger partial charge in [0.2, 0.25) is 0 Å². The smallest absolute Gasteiger partial charge is 0.410 e. The Morgan fingerprint density at radius 2 is 1.88 bits per heavy atom. The van der Waals surface area contributed by atoms with Crippen LogP contribution < -0.4 is 4.74 Å². The number of hydrogen-bond donors (Lipinski definition) is 0. The van der Waals surface area contributed by atoms with Crippen molar-refractivity contribution in [1.82, 2.24) is 4.90 Å². The largest absolute Gasteiger partial charge is 0.490 e. The first-order valence-corrected chi connectivity index (χ1v) is 8.69. The molecule has 3 atom stereocenters. The average Bonchev–Trinajstić information content (AvgIpc) is 2.77. The molecule has 6 heteroatoms. The molecule has 2 heterocycles. The van der Waals surface area contributed by atoms with E-state index < -0.39 is 11.4 Å². The van der Waals surface area contributed by atoms with Crippen molar-refractivity contribution in [3.8, 4) is 5.75 Å². The summed E-state index contributed by atoms with van der Waals surface area (Å²) in [6.07, 6.45) is 3.42. The number of amides is 1. The van der Waals surface area contributed by atoms with Crippen LogP contribution >= 0.6 is 0 Å². The highest BCUT2D eigenvalue weighted by Crippen LogP contribution is 2.38. The van der Waals surface area contributed by atoms with E-state index in [2.05, 4.69) is 0 Å². The van der Waals surface area contributed by atoms with Crippen molar-refractivity contribution in [1.29, 1.82) is 0 Å². The van der Waals surface area contributed by atoms with Crippen LogP contribution in [0.25, 0.3) is 0 Å². The molecule has 0 spiro atoms. The fraction of sp³-hybridized carbons (Fsp3) is 0.579. The normalized spacial score (nSPS) is 25.6. The van der Waals surface area contributed by atoms with Crippen molar-refractivity contribution in [2.45, 2.75) is 70.2 Å². The maximum atomic E-state index is 13.7. The van der Waals surface area contributed by atoms with Crippen LogP contribution in [-0.2, 0) is 4.74 Å². The summed E-state index contributed by atoms with van der Waals surface area (Å²) in [6, 6.07) is 4.46. The number of piperidine rings is 1. The molecule has 2 bridgehead atoms. The lowest BCUT2D eigenvalue weighted by Crippen LogP contribution is -2.50. The minimum atomic E-state index is -0.582. The van der Waals surface area contributed by atoms with Gasteiger partial charge >= 0.3 is 6.09 Å². The number of aldehydes is 1. The van der Waals surface area contributed by atoms with Gasteiger partial charge in [0.25, 0.3) is 0 Å². The first-order valence-electron chi connectivity index (χ1n) is 8.69. The highest BCUT2D eigenvalue weighted by molar-refractivity contribution is 5.75. The Hall–Kier alpha value is -2.11. The van der Waals surface area contributed by atoms with Crippen LogP contribution in [0.1, 0.15) is 56.8 Å². The lowest BCUT2D eigenvalue weighted by atomic mass is 10.00. The molecule has 0 aromatic heterocycles. The van der Waals surface area contributed by atoms with Crippen LogP contribution in [0.4, 0.5) is 9.18 Å². The van der Waals surface area contributed by atoms with E-state index in [0.29, 0.717) is 24.9 Å². The Morgan fingerprint density at radius 3 is 2.40 bits per heavy atom. The molecule has 2 aliphatic heterocycles. The summed E-state index contributed by atoms with van der Waals surface area (Å²) in [5.41, 5.74) is -0.492. The Balaban J connectivity index is 1.65. The van der Waals surface area contributed by atoms with Gasteiger partial charge in [-0.15, -0.1) is 0 Å². The van der Waals surface area contributed by atoms with Crippen molar-refractivity contribution in [2.24, 2.45) is 0 Å². The molecule has 0 N–H and O–H groups in total. The van der Waals surface area contributed by atoms with E-state index in [1.54, 1.807) is 6.07 Å². The number of ether oxygens (including phenoxy) is 2. The third-order valence-electron chi connectivity index (χ3n) is 4.70. The minimum absolute atomic E-state index is 0.0205. The zero-order valence-electron chi connectivity index (χ0n) is 14.8. The van der Waals surface area contributed by atoms with Gasteiger partial charge in [-0.3, -0.25) is 4.79 Å². The van der Waals surface area contributed by atoms with E-state index in [1.165, 1.54) is 12.1 Å². The molecule has 5 nitrogen and oxygen atoms in total. The predicted molar refractivity (Wildman–Crippen MR) is 90.3 cm³/mol. The number of fused-ring (bicyclic) bond motifs is 2. The van der Waals surface area contributed by atoms with E-state index in [4.69, 9.17) is 9.47 Å². The Bertz CT molecular complexity index is 656. The molecule has 25 heavy (non-hydrogen) atoms. The van der Waals surface area contributed by atoms with Crippen molar-refractivity contribution in [2.75, 3.05) is 0 Å². The molecular weight excluding hydrogens is 325 g/mol.